The molecule has 0 unspecified atom stereocenters. The zero-order valence-corrected chi connectivity index (χ0v) is 6.96. The summed E-state index contributed by atoms with van der Waals surface area (Å²) in [6.07, 6.45) is 0.536. The number of hydrogen-bond donors (Lipinski definition) is 1. The number of halogens is 1. The Morgan fingerprint density at radius 2 is 2.31 bits per heavy atom. The number of aromatic nitrogens is 1. The Labute approximate surface area is 74.4 Å². The van der Waals surface area contributed by atoms with Crippen LogP contribution in [-0.2, 0) is 6.42 Å². The summed E-state index contributed by atoms with van der Waals surface area (Å²) in [5, 5.41) is 0. The zero-order chi connectivity index (χ0) is 9.26. The number of benzene rings is 1. The number of rotatable bonds is 2. The minimum Gasteiger partial charge on any atom is -0.438 e. The van der Waals surface area contributed by atoms with Crippen molar-refractivity contribution in [3.8, 4) is 0 Å². The summed E-state index contributed by atoms with van der Waals surface area (Å²) >= 11 is 0. The zero-order valence-electron chi connectivity index (χ0n) is 6.96. The van der Waals surface area contributed by atoms with E-state index in [-0.39, 0.29) is 11.4 Å². The molecule has 2 rings (SSSR count). The van der Waals surface area contributed by atoms with E-state index < -0.39 is 0 Å². The van der Waals surface area contributed by atoms with Gasteiger partial charge in [-0.15, -0.1) is 0 Å². The van der Waals surface area contributed by atoms with Crippen LogP contribution in [-0.4, -0.2) is 11.5 Å². The molecule has 0 radical (unpaired) electrons. The van der Waals surface area contributed by atoms with Crippen molar-refractivity contribution in [1.29, 1.82) is 0 Å². The highest BCUT2D eigenvalue weighted by Gasteiger charge is 2.08. The van der Waals surface area contributed by atoms with Gasteiger partial charge in [-0.25, -0.2) is 9.37 Å². The van der Waals surface area contributed by atoms with E-state index in [1.165, 1.54) is 6.07 Å². The summed E-state index contributed by atoms with van der Waals surface area (Å²) in [6, 6.07) is 4.66. The number of nitrogens with zero attached hydrogens (tertiary/aromatic N) is 1. The fourth-order valence-corrected chi connectivity index (χ4v) is 1.19. The van der Waals surface area contributed by atoms with Crippen LogP contribution in [0.5, 0.6) is 0 Å². The maximum absolute atomic E-state index is 13.1. The van der Waals surface area contributed by atoms with Gasteiger partial charge < -0.3 is 10.2 Å². The predicted octanol–water partition coefficient (Wildman–Crippen LogP) is 1.47. The van der Waals surface area contributed by atoms with Crippen LogP contribution in [0, 0.1) is 5.82 Å². The lowest BCUT2D eigenvalue weighted by atomic mass is 10.3. The van der Waals surface area contributed by atoms with E-state index in [4.69, 9.17) is 10.2 Å². The molecule has 0 saturated heterocycles. The SMILES string of the molecule is NCCc1nc2cccc(F)c2o1. The van der Waals surface area contributed by atoms with Crippen LogP contribution >= 0.6 is 0 Å². The Morgan fingerprint density at radius 1 is 1.46 bits per heavy atom. The molecule has 0 atom stereocenters. The van der Waals surface area contributed by atoms with Crippen molar-refractivity contribution in [1.82, 2.24) is 4.98 Å². The van der Waals surface area contributed by atoms with Gasteiger partial charge in [0, 0.05) is 13.0 Å². The Balaban J connectivity index is 2.55. The van der Waals surface area contributed by atoms with Crippen LogP contribution in [0.25, 0.3) is 11.1 Å². The molecule has 0 bridgehead atoms. The van der Waals surface area contributed by atoms with Crippen LogP contribution in [0.4, 0.5) is 4.39 Å². The first-order valence-corrected chi connectivity index (χ1v) is 4.05. The summed E-state index contributed by atoms with van der Waals surface area (Å²) in [5.41, 5.74) is 6.09. The van der Waals surface area contributed by atoms with E-state index in [1.807, 2.05) is 0 Å². The number of nitrogens with two attached hydrogens (primary N) is 1. The molecule has 68 valence electrons. The fraction of sp³-hybridized carbons (Fsp3) is 0.222. The van der Waals surface area contributed by atoms with Crippen LogP contribution < -0.4 is 5.73 Å². The molecule has 0 aliphatic heterocycles. The highest BCUT2D eigenvalue weighted by Crippen LogP contribution is 2.18. The van der Waals surface area contributed by atoms with Crippen molar-refractivity contribution in [3.05, 3.63) is 29.9 Å². The quantitative estimate of drug-likeness (QED) is 0.761. The summed E-state index contributed by atoms with van der Waals surface area (Å²) in [4.78, 5) is 4.08. The summed E-state index contributed by atoms with van der Waals surface area (Å²) in [5.74, 6) is 0.107. The first-order chi connectivity index (χ1) is 6.31. The Kier molecular flexibility index (Phi) is 1.98. The summed E-state index contributed by atoms with van der Waals surface area (Å²) in [6.45, 7) is 0.453. The molecule has 3 nitrogen and oxygen atoms in total. The molecule has 1 aromatic heterocycles. The predicted molar refractivity (Wildman–Crippen MR) is 46.7 cm³/mol. The molecule has 0 amide bonds. The van der Waals surface area contributed by atoms with Gasteiger partial charge in [0.15, 0.2) is 17.3 Å². The third kappa shape index (κ3) is 1.40. The third-order valence-corrected chi connectivity index (χ3v) is 1.77. The number of hydrogen-bond acceptors (Lipinski definition) is 3. The van der Waals surface area contributed by atoms with Crippen molar-refractivity contribution < 1.29 is 8.81 Å². The van der Waals surface area contributed by atoms with E-state index in [0.29, 0.717) is 24.4 Å². The highest BCUT2D eigenvalue weighted by atomic mass is 19.1. The second-order valence-electron chi connectivity index (χ2n) is 2.73. The summed E-state index contributed by atoms with van der Waals surface area (Å²) < 4.78 is 18.2. The lowest BCUT2D eigenvalue weighted by molar-refractivity contribution is 0.507. The minimum atomic E-state index is -0.381. The summed E-state index contributed by atoms with van der Waals surface area (Å²) in [7, 11) is 0. The van der Waals surface area contributed by atoms with E-state index in [1.54, 1.807) is 12.1 Å². The lowest BCUT2D eigenvalue weighted by Gasteiger charge is -1.87. The van der Waals surface area contributed by atoms with Gasteiger partial charge in [-0.1, -0.05) is 6.07 Å². The third-order valence-electron chi connectivity index (χ3n) is 1.77. The maximum atomic E-state index is 13.1. The van der Waals surface area contributed by atoms with Crippen LogP contribution in [0.3, 0.4) is 0 Å². The lowest BCUT2D eigenvalue weighted by Crippen LogP contribution is -2.02. The Hall–Kier alpha value is -1.42. The van der Waals surface area contributed by atoms with Crippen molar-refractivity contribution >= 4 is 11.1 Å². The van der Waals surface area contributed by atoms with Crippen molar-refractivity contribution in [2.45, 2.75) is 6.42 Å². The van der Waals surface area contributed by atoms with E-state index in [9.17, 15) is 4.39 Å². The van der Waals surface area contributed by atoms with Crippen LogP contribution in [0.15, 0.2) is 22.6 Å². The number of oxazole rings is 1. The highest BCUT2D eigenvalue weighted by molar-refractivity contribution is 5.72. The molecule has 0 aliphatic rings. The molecule has 2 N–H and O–H groups in total. The molecule has 4 heteroatoms. The van der Waals surface area contributed by atoms with E-state index >= 15 is 0 Å². The molecule has 13 heavy (non-hydrogen) atoms. The average molecular weight is 180 g/mol. The van der Waals surface area contributed by atoms with Crippen LogP contribution in [0.2, 0.25) is 0 Å². The van der Waals surface area contributed by atoms with Crippen molar-refractivity contribution in [3.63, 3.8) is 0 Å². The van der Waals surface area contributed by atoms with Gasteiger partial charge in [0.2, 0.25) is 0 Å². The smallest absolute Gasteiger partial charge is 0.196 e. The van der Waals surface area contributed by atoms with Gasteiger partial charge in [0.05, 0.1) is 0 Å². The molecule has 0 aliphatic carbocycles. The van der Waals surface area contributed by atoms with Gasteiger partial charge in [-0.3, -0.25) is 0 Å². The molecule has 1 heterocycles. The molecule has 0 fully saturated rings. The normalized spacial score (nSPS) is 10.9. The minimum absolute atomic E-state index is 0.214. The van der Waals surface area contributed by atoms with Gasteiger partial charge in [0.1, 0.15) is 5.52 Å². The molecule has 0 saturated carbocycles. The Morgan fingerprint density at radius 3 is 3.00 bits per heavy atom. The van der Waals surface area contributed by atoms with E-state index in [2.05, 4.69) is 4.98 Å². The molecule has 2 aromatic rings. The van der Waals surface area contributed by atoms with Gasteiger partial charge in [0.25, 0.3) is 0 Å². The second kappa shape index (κ2) is 3.14. The molecule has 0 spiro atoms. The van der Waals surface area contributed by atoms with Gasteiger partial charge >= 0.3 is 0 Å². The number of fused-ring (bicyclic) bond motifs is 1. The second-order valence-corrected chi connectivity index (χ2v) is 2.73. The average Bonchev–Trinajstić information content (AvgIpc) is 2.49. The maximum Gasteiger partial charge on any atom is 0.196 e. The van der Waals surface area contributed by atoms with Crippen molar-refractivity contribution in [2.75, 3.05) is 6.54 Å². The standard InChI is InChI=1S/C9H9FN2O/c10-6-2-1-3-7-9(6)13-8(12-7)4-5-11/h1-3H,4-5,11H2. The first kappa shape index (κ1) is 8.19. The van der Waals surface area contributed by atoms with Crippen molar-refractivity contribution in [2.24, 2.45) is 5.73 Å². The number of para-hydroxylation sites is 1. The van der Waals surface area contributed by atoms with Gasteiger partial charge in [-0.2, -0.15) is 0 Å². The Bertz CT molecular complexity index is 424. The molecular weight excluding hydrogens is 171 g/mol. The first-order valence-electron chi connectivity index (χ1n) is 4.05. The molecular formula is C9H9FN2O. The fourth-order valence-electron chi connectivity index (χ4n) is 1.19. The van der Waals surface area contributed by atoms with E-state index in [0.717, 1.165) is 0 Å². The topological polar surface area (TPSA) is 52.0 Å². The molecule has 1 aromatic carbocycles. The monoisotopic (exact) mass is 180 g/mol. The van der Waals surface area contributed by atoms with Crippen LogP contribution in [0.1, 0.15) is 5.89 Å². The van der Waals surface area contributed by atoms with Gasteiger partial charge in [-0.05, 0) is 12.1 Å². The largest absolute Gasteiger partial charge is 0.438 e.